The van der Waals surface area contributed by atoms with E-state index in [0.29, 0.717) is 17.7 Å². The molecule has 0 bridgehead atoms. The van der Waals surface area contributed by atoms with Gasteiger partial charge in [0.25, 0.3) is 0 Å². The second-order valence-corrected chi connectivity index (χ2v) is 10.4. The van der Waals surface area contributed by atoms with Gasteiger partial charge in [0.2, 0.25) is 10.0 Å². The number of aromatic nitrogens is 1. The summed E-state index contributed by atoms with van der Waals surface area (Å²) >= 11 is 0. The van der Waals surface area contributed by atoms with Gasteiger partial charge in [0.05, 0.1) is 11.5 Å². The fourth-order valence-corrected chi connectivity index (χ4v) is 4.69. The third-order valence-electron chi connectivity index (χ3n) is 5.56. The van der Waals surface area contributed by atoms with Crippen molar-refractivity contribution in [1.82, 2.24) is 8.87 Å². The molecule has 2 aromatic carbocycles. The Bertz CT molecular complexity index is 1430. The maximum absolute atomic E-state index is 12.7. The van der Waals surface area contributed by atoms with E-state index in [1.807, 2.05) is 61.7 Å². The zero-order valence-corrected chi connectivity index (χ0v) is 21.8. The lowest BCUT2D eigenvalue weighted by Gasteiger charge is -2.12. The van der Waals surface area contributed by atoms with Crippen molar-refractivity contribution in [2.24, 2.45) is 0 Å². The van der Waals surface area contributed by atoms with Crippen LogP contribution < -0.4 is 4.74 Å². The predicted molar refractivity (Wildman–Crippen MR) is 137 cm³/mol. The number of sulfonamides is 1. The van der Waals surface area contributed by atoms with Crippen LogP contribution in [0.5, 0.6) is 5.75 Å². The summed E-state index contributed by atoms with van der Waals surface area (Å²) < 4.78 is 38.7. The minimum absolute atomic E-state index is 0.0961. The van der Waals surface area contributed by atoms with Gasteiger partial charge in [0, 0.05) is 31.2 Å². The van der Waals surface area contributed by atoms with Crippen LogP contribution in [0.3, 0.4) is 0 Å². The first-order valence-corrected chi connectivity index (χ1v) is 12.7. The van der Waals surface area contributed by atoms with Crippen molar-refractivity contribution in [3.8, 4) is 17.5 Å². The molecule has 0 N–H and O–H groups in total. The van der Waals surface area contributed by atoms with Crippen LogP contribution in [0, 0.1) is 25.2 Å². The first-order valence-electron chi connectivity index (χ1n) is 11.3. The fraction of sp³-hybridized carbons (Fsp3) is 0.259. The number of benzene rings is 2. The van der Waals surface area contributed by atoms with E-state index < -0.39 is 16.0 Å². The van der Waals surface area contributed by atoms with Crippen LogP contribution >= 0.6 is 0 Å². The Kier molecular flexibility index (Phi) is 8.35. The van der Waals surface area contributed by atoms with E-state index in [9.17, 15) is 18.5 Å². The highest BCUT2D eigenvalue weighted by molar-refractivity contribution is 7.89. The average Bonchev–Trinajstić information content (AvgIpc) is 3.14. The summed E-state index contributed by atoms with van der Waals surface area (Å²) in [4.78, 5) is 12.7. The number of rotatable bonds is 9. The molecular weight excluding hydrogens is 478 g/mol. The van der Waals surface area contributed by atoms with Gasteiger partial charge in [-0.2, -0.15) is 5.26 Å². The summed E-state index contributed by atoms with van der Waals surface area (Å²) in [5, 5.41) is 9.61. The van der Waals surface area contributed by atoms with E-state index in [0.717, 1.165) is 27.1 Å². The lowest BCUT2D eigenvalue weighted by Crippen LogP contribution is -2.22. The third kappa shape index (κ3) is 5.85. The van der Waals surface area contributed by atoms with E-state index in [2.05, 4.69) is 0 Å². The molecule has 188 valence electrons. The monoisotopic (exact) mass is 507 g/mol. The Morgan fingerprint density at radius 3 is 2.42 bits per heavy atom. The number of nitriles is 1. The number of carbonyl (C=O) groups is 1. The molecule has 0 atom stereocenters. The molecule has 0 spiro atoms. The Hall–Kier alpha value is -3.87. The van der Waals surface area contributed by atoms with Crippen molar-refractivity contribution in [1.29, 1.82) is 5.26 Å². The summed E-state index contributed by atoms with van der Waals surface area (Å²) in [6.07, 6.45) is 1.50. The molecule has 36 heavy (non-hydrogen) atoms. The second kappa shape index (κ2) is 11.2. The van der Waals surface area contributed by atoms with Gasteiger partial charge in [-0.3, -0.25) is 0 Å². The summed E-state index contributed by atoms with van der Waals surface area (Å²) in [5.74, 6) is -0.00701. The van der Waals surface area contributed by atoms with Crippen molar-refractivity contribution in [3.63, 3.8) is 0 Å². The van der Waals surface area contributed by atoms with Gasteiger partial charge >= 0.3 is 5.97 Å². The molecule has 0 amide bonds. The standard InChI is InChI=1S/C27H29N3O5S/c1-6-34-25-12-10-24(11-13-25)30-19(2)14-22(20(30)3)16-23(17-28)27(31)35-18-21-8-7-9-26(15-21)36(32,33)29(4)5/h7-16H,6,18H2,1-5H3. The third-order valence-corrected chi connectivity index (χ3v) is 7.37. The lowest BCUT2D eigenvalue weighted by atomic mass is 10.1. The summed E-state index contributed by atoms with van der Waals surface area (Å²) in [6, 6.07) is 17.6. The molecule has 9 heteroatoms. The number of hydrogen-bond acceptors (Lipinski definition) is 6. The van der Waals surface area contributed by atoms with E-state index in [-0.39, 0.29) is 17.1 Å². The van der Waals surface area contributed by atoms with Crippen LogP contribution in [0.15, 0.2) is 65.1 Å². The fourth-order valence-electron chi connectivity index (χ4n) is 3.71. The molecule has 0 unspecified atom stereocenters. The maximum atomic E-state index is 12.7. The summed E-state index contributed by atoms with van der Waals surface area (Å²) in [5.41, 5.74) is 3.79. The number of carbonyl (C=O) groups excluding carboxylic acids is 1. The SMILES string of the molecule is CCOc1ccc(-n2c(C)cc(C=C(C#N)C(=O)OCc3cccc(S(=O)(=O)N(C)C)c3)c2C)cc1. The van der Waals surface area contributed by atoms with Crippen LogP contribution in [0.4, 0.5) is 0 Å². The van der Waals surface area contributed by atoms with Crippen LogP contribution in [-0.4, -0.2) is 44.0 Å². The highest BCUT2D eigenvalue weighted by atomic mass is 32.2. The number of esters is 1. The molecule has 1 aromatic heterocycles. The van der Waals surface area contributed by atoms with Crippen molar-refractivity contribution in [2.75, 3.05) is 20.7 Å². The van der Waals surface area contributed by atoms with Crippen molar-refractivity contribution < 1.29 is 22.7 Å². The van der Waals surface area contributed by atoms with Crippen molar-refractivity contribution >= 4 is 22.1 Å². The van der Waals surface area contributed by atoms with Crippen molar-refractivity contribution in [3.05, 3.63) is 82.7 Å². The molecule has 8 nitrogen and oxygen atoms in total. The Morgan fingerprint density at radius 1 is 1.11 bits per heavy atom. The average molecular weight is 508 g/mol. The summed E-state index contributed by atoms with van der Waals surface area (Å²) in [7, 11) is -0.728. The zero-order valence-electron chi connectivity index (χ0n) is 21.0. The second-order valence-electron chi connectivity index (χ2n) is 8.27. The quantitative estimate of drug-likeness (QED) is 0.242. The van der Waals surface area contributed by atoms with Gasteiger partial charge in [0.1, 0.15) is 24.0 Å². The molecular formula is C27H29N3O5S. The highest BCUT2D eigenvalue weighted by Gasteiger charge is 2.18. The largest absolute Gasteiger partial charge is 0.494 e. The van der Waals surface area contributed by atoms with Gasteiger partial charge in [0.15, 0.2) is 0 Å². The molecule has 0 radical (unpaired) electrons. The van der Waals surface area contributed by atoms with Gasteiger partial charge in [-0.25, -0.2) is 17.5 Å². The van der Waals surface area contributed by atoms with Crippen LogP contribution in [-0.2, 0) is 26.2 Å². The van der Waals surface area contributed by atoms with Crippen LogP contribution in [0.1, 0.15) is 29.4 Å². The molecule has 0 aliphatic rings. The predicted octanol–water partition coefficient (Wildman–Crippen LogP) is 4.39. The molecule has 0 fully saturated rings. The topological polar surface area (TPSA) is 102 Å². The van der Waals surface area contributed by atoms with Crippen molar-refractivity contribution in [2.45, 2.75) is 32.3 Å². The van der Waals surface area contributed by atoms with Gasteiger partial charge in [-0.05, 0) is 80.4 Å². The van der Waals surface area contributed by atoms with E-state index in [4.69, 9.17) is 9.47 Å². The smallest absolute Gasteiger partial charge is 0.349 e. The molecule has 0 saturated heterocycles. The zero-order chi connectivity index (χ0) is 26.5. The van der Waals surface area contributed by atoms with Crippen LogP contribution in [0.2, 0.25) is 0 Å². The van der Waals surface area contributed by atoms with Gasteiger partial charge in [-0.1, -0.05) is 12.1 Å². The highest BCUT2D eigenvalue weighted by Crippen LogP contribution is 2.25. The summed E-state index contributed by atoms with van der Waals surface area (Å²) in [6.45, 7) is 6.20. The number of aryl methyl sites for hydroxylation is 1. The molecule has 0 aliphatic carbocycles. The molecule has 3 aromatic rings. The minimum atomic E-state index is -3.61. The lowest BCUT2D eigenvalue weighted by molar-refractivity contribution is -0.139. The Balaban J connectivity index is 1.80. The number of hydrogen-bond donors (Lipinski definition) is 0. The molecule has 0 saturated carbocycles. The molecule has 3 rings (SSSR count). The maximum Gasteiger partial charge on any atom is 0.349 e. The Morgan fingerprint density at radius 2 is 1.81 bits per heavy atom. The first kappa shape index (κ1) is 26.7. The van der Waals surface area contributed by atoms with Gasteiger partial charge in [-0.15, -0.1) is 0 Å². The molecule has 0 aliphatic heterocycles. The Labute approximate surface area is 212 Å². The minimum Gasteiger partial charge on any atom is -0.494 e. The van der Waals surface area contributed by atoms with Gasteiger partial charge < -0.3 is 14.0 Å². The van der Waals surface area contributed by atoms with E-state index in [1.165, 1.54) is 32.3 Å². The van der Waals surface area contributed by atoms with Crippen LogP contribution in [0.25, 0.3) is 11.8 Å². The normalized spacial score (nSPS) is 11.9. The molecule has 1 heterocycles. The van der Waals surface area contributed by atoms with E-state index >= 15 is 0 Å². The first-order chi connectivity index (χ1) is 17.1. The number of ether oxygens (including phenoxy) is 2. The number of nitrogens with zero attached hydrogens (tertiary/aromatic N) is 3. The van der Waals surface area contributed by atoms with E-state index in [1.54, 1.807) is 12.1 Å².